The van der Waals surface area contributed by atoms with Gasteiger partial charge in [0, 0.05) is 19.4 Å². The fourth-order valence-corrected chi connectivity index (χ4v) is 1.89. The lowest BCUT2D eigenvalue weighted by molar-refractivity contribution is 0.0937. The van der Waals surface area contributed by atoms with Gasteiger partial charge in [-0.3, -0.25) is 4.79 Å². The maximum absolute atomic E-state index is 12.2. The predicted octanol–water partition coefficient (Wildman–Crippen LogP) is 2.67. The van der Waals surface area contributed by atoms with Crippen molar-refractivity contribution in [3.05, 3.63) is 66.1 Å². The third-order valence-electron chi connectivity index (χ3n) is 2.94. The summed E-state index contributed by atoms with van der Waals surface area (Å²) in [5, 5.41) is 4.23. The second-order valence-electron chi connectivity index (χ2n) is 4.34. The van der Waals surface area contributed by atoms with E-state index in [1.165, 1.54) is 4.68 Å². The fourth-order valence-electron chi connectivity index (χ4n) is 1.89. The number of hydrogen-bond acceptors (Lipinski definition) is 3. The van der Waals surface area contributed by atoms with Gasteiger partial charge in [-0.25, -0.2) is 4.68 Å². The van der Waals surface area contributed by atoms with Crippen molar-refractivity contribution >= 4 is 18.1 Å². The Hall–Kier alpha value is -2.82. The standard InChI is InChI=1S/C15H13N3O2/c1-17-9-2-5-14(17)15(19)18-10-8-12(16-18)6-7-13-4-3-11-20-13/h2-11H,1H3/b7-6+. The van der Waals surface area contributed by atoms with Crippen LogP contribution in [0.25, 0.3) is 12.2 Å². The number of rotatable bonds is 3. The van der Waals surface area contributed by atoms with Gasteiger partial charge in [-0.15, -0.1) is 0 Å². The molecule has 20 heavy (non-hydrogen) atoms. The molecular formula is C15H13N3O2. The summed E-state index contributed by atoms with van der Waals surface area (Å²) in [7, 11) is 1.83. The summed E-state index contributed by atoms with van der Waals surface area (Å²) < 4.78 is 8.29. The molecule has 5 heteroatoms. The third-order valence-corrected chi connectivity index (χ3v) is 2.94. The molecule has 0 bridgehead atoms. The Morgan fingerprint density at radius 3 is 2.80 bits per heavy atom. The summed E-state index contributed by atoms with van der Waals surface area (Å²) in [6.07, 6.45) is 8.69. The van der Waals surface area contributed by atoms with E-state index in [1.807, 2.05) is 31.4 Å². The van der Waals surface area contributed by atoms with E-state index in [0.29, 0.717) is 11.4 Å². The van der Waals surface area contributed by atoms with Gasteiger partial charge in [-0.2, -0.15) is 5.10 Å². The lowest BCUT2D eigenvalue weighted by Crippen LogP contribution is -2.15. The molecule has 3 aromatic heterocycles. The molecule has 5 nitrogen and oxygen atoms in total. The van der Waals surface area contributed by atoms with Gasteiger partial charge in [-0.05, 0) is 42.5 Å². The normalized spacial score (nSPS) is 11.2. The first-order valence-corrected chi connectivity index (χ1v) is 6.17. The third kappa shape index (κ3) is 2.33. The van der Waals surface area contributed by atoms with Crippen LogP contribution in [0.2, 0.25) is 0 Å². The molecule has 0 unspecified atom stereocenters. The Labute approximate surface area is 115 Å². The maximum atomic E-state index is 12.2. The number of furan rings is 1. The molecule has 0 aromatic carbocycles. The quantitative estimate of drug-likeness (QED) is 0.733. The fraction of sp³-hybridized carbons (Fsp3) is 0.0667. The van der Waals surface area contributed by atoms with Crippen molar-refractivity contribution in [2.24, 2.45) is 7.05 Å². The first kappa shape index (κ1) is 12.2. The van der Waals surface area contributed by atoms with Crippen LogP contribution in [0.1, 0.15) is 21.9 Å². The summed E-state index contributed by atoms with van der Waals surface area (Å²) >= 11 is 0. The van der Waals surface area contributed by atoms with Crippen molar-refractivity contribution in [3.63, 3.8) is 0 Å². The summed E-state index contributed by atoms with van der Waals surface area (Å²) in [4.78, 5) is 12.2. The van der Waals surface area contributed by atoms with Gasteiger partial charge in [0.05, 0.1) is 12.0 Å². The lowest BCUT2D eigenvalue weighted by atomic mass is 10.3. The zero-order valence-corrected chi connectivity index (χ0v) is 10.9. The van der Waals surface area contributed by atoms with E-state index in [4.69, 9.17) is 4.42 Å². The van der Waals surface area contributed by atoms with Crippen LogP contribution in [-0.4, -0.2) is 20.3 Å². The van der Waals surface area contributed by atoms with E-state index < -0.39 is 0 Å². The highest BCUT2D eigenvalue weighted by Crippen LogP contribution is 2.08. The Morgan fingerprint density at radius 1 is 1.20 bits per heavy atom. The van der Waals surface area contributed by atoms with E-state index >= 15 is 0 Å². The highest BCUT2D eigenvalue weighted by atomic mass is 16.3. The smallest absolute Gasteiger partial charge is 0.294 e. The highest BCUT2D eigenvalue weighted by molar-refractivity contribution is 5.94. The molecule has 0 amide bonds. The van der Waals surface area contributed by atoms with Crippen LogP contribution < -0.4 is 0 Å². The second kappa shape index (κ2) is 5.05. The molecule has 0 aliphatic heterocycles. The number of aryl methyl sites for hydroxylation is 1. The van der Waals surface area contributed by atoms with Crippen LogP contribution >= 0.6 is 0 Å². The van der Waals surface area contributed by atoms with Gasteiger partial charge < -0.3 is 8.98 Å². The Bertz CT molecular complexity index is 748. The van der Waals surface area contributed by atoms with Crippen LogP contribution in [0.15, 0.2) is 53.4 Å². The van der Waals surface area contributed by atoms with Crippen molar-refractivity contribution < 1.29 is 9.21 Å². The molecule has 0 spiro atoms. The SMILES string of the molecule is Cn1cccc1C(=O)n1ccc(/C=C/c2ccco2)n1. The molecular weight excluding hydrogens is 254 g/mol. The molecule has 3 aromatic rings. The zero-order valence-electron chi connectivity index (χ0n) is 10.9. The molecule has 3 heterocycles. The number of carbonyl (C=O) groups is 1. The summed E-state index contributed by atoms with van der Waals surface area (Å²) in [5.74, 6) is 0.587. The predicted molar refractivity (Wildman–Crippen MR) is 75.0 cm³/mol. The van der Waals surface area contributed by atoms with E-state index in [0.717, 1.165) is 5.76 Å². The molecule has 0 radical (unpaired) electrons. The molecule has 100 valence electrons. The minimum atomic E-state index is -0.157. The van der Waals surface area contributed by atoms with Gasteiger partial charge >= 0.3 is 0 Å². The molecule has 0 atom stereocenters. The summed E-state index contributed by atoms with van der Waals surface area (Å²) in [6, 6.07) is 9.04. The largest absolute Gasteiger partial charge is 0.465 e. The molecule has 0 saturated carbocycles. The maximum Gasteiger partial charge on any atom is 0.294 e. The van der Waals surface area contributed by atoms with E-state index in [9.17, 15) is 4.79 Å². The summed E-state index contributed by atoms with van der Waals surface area (Å²) in [6.45, 7) is 0. The van der Waals surface area contributed by atoms with Crippen LogP contribution in [-0.2, 0) is 7.05 Å². The van der Waals surface area contributed by atoms with Crippen molar-refractivity contribution in [2.75, 3.05) is 0 Å². The summed E-state index contributed by atoms with van der Waals surface area (Å²) in [5.41, 5.74) is 1.29. The van der Waals surface area contributed by atoms with Gasteiger partial charge in [-0.1, -0.05) is 0 Å². The first-order chi connectivity index (χ1) is 9.74. The minimum absolute atomic E-state index is 0.157. The number of carbonyl (C=O) groups excluding carboxylic acids is 1. The van der Waals surface area contributed by atoms with Gasteiger partial charge in [0.2, 0.25) is 0 Å². The zero-order chi connectivity index (χ0) is 13.9. The van der Waals surface area contributed by atoms with Crippen molar-refractivity contribution in [1.82, 2.24) is 14.3 Å². The van der Waals surface area contributed by atoms with E-state index in [-0.39, 0.29) is 5.91 Å². The van der Waals surface area contributed by atoms with Crippen LogP contribution in [0.3, 0.4) is 0 Å². The Balaban J connectivity index is 1.80. The number of nitrogens with zero attached hydrogens (tertiary/aromatic N) is 3. The number of hydrogen-bond donors (Lipinski definition) is 0. The second-order valence-corrected chi connectivity index (χ2v) is 4.34. The molecule has 0 N–H and O–H groups in total. The molecule has 0 aliphatic rings. The number of aromatic nitrogens is 3. The molecule has 0 fully saturated rings. The molecule has 0 aliphatic carbocycles. The van der Waals surface area contributed by atoms with Crippen molar-refractivity contribution in [2.45, 2.75) is 0 Å². The van der Waals surface area contributed by atoms with Crippen LogP contribution in [0.4, 0.5) is 0 Å². The molecule has 0 saturated heterocycles. The van der Waals surface area contributed by atoms with Crippen LogP contribution in [0, 0.1) is 0 Å². The van der Waals surface area contributed by atoms with Gasteiger partial charge in [0.1, 0.15) is 11.5 Å². The topological polar surface area (TPSA) is 53.0 Å². The molecule has 3 rings (SSSR count). The van der Waals surface area contributed by atoms with Crippen molar-refractivity contribution in [1.29, 1.82) is 0 Å². The first-order valence-electron chi connectivity index (χ1n) is 6.17. The Kier molecular flexibility index (Phi) is 3.09. The lowest BCUT2D eigenvalue weighted by Gasteiger charge is -2.01. The van der Waals surface area contributed by atoms with Crippen molar-refractivity contribution in [3.8, 4) is 0 Å². The highest BCUT2D eigenvalue weighted by Gasteiger charge is 2.12. The monoisotopic (exact) mass is 267 g/mol. The van der Waals surface area contributed by atoms with Crippen LogP contribution in [0.5, 0.6) is 0 Å². The minimum Gasteiger partial charge on any atom is -0.465 e. The van der Waals surface area contributed by atoms with E-state index in [2.05, 4.69) is 5.10 Å². The average Bonchev–Trinajstić information content (AvgIpc) is 3.17. The average molecular weight is 267 g/mol. The van der Waals surface area contributed by atoms with Gasteiger partial charge in [0.25, 0.3) is 5.91 Å². The van der Waals surface area contributed by atoms with Gasteiger partial charge in [0.15, 0.2) is 0 Å². The Morgan fingerprint density at radius 2 is 2.10 bits per heavy atom. The van der Waals surface area contributed by atoms with E-state index in [1.54, 1.807) is 41.3 Å².